The molecule has 0 fully saturated rings. The highest BCUT2D eigenvalue weighted by Gasteiger charge is 2.07. The summed E-state index contributed by atoms with van der Waals surface area (Å²) in [5.41, 5.74) is 4.47. The van der Waals surface area contributed by atoms with Crippen molar-refractivity contribution in [3.63, 3.8) is 0 Å². The van der Waals surface area contributed by atoms with Crippen molar-refractivity contribution < 1.29 is 9.90 Å². The number of benzene rings is 3. The summed E-state index contributed by atoms with van der Waals surface area (Å²) in [5.74, 6) is -0.937. The highest BCUT2D eigenvalue weighted by atomic mass is 16.4. The van der Waals surface area contributed by atoms with Crippen molar-refractivity contribution in [1.82, 2.24) is 9.78 Å². The predicted octanol–water partition coefficient (Wildman–Crippen LogP) is 4.45. The van der Waals surface area contributed by atoms with Gasteiger partial charge in [-0.05, 0) is 28.8 Å². The van der Waals surface area contributed by atoms with Gasteiger partial charge in [-0.1, -0.05) is 60.7 Å². The minimum Gasteiger partial charge on any atom is -0.478 e. The first-order chi connectivity index (χ1) is 12.2. The third-order valence-electron chi connectivity index (χ3n) is 4.21. The molecule has 4 aromatic rings. The number of hydrogen-bond acceptors (Lipinski definition) is 2. The molecule has 0 aliphatic carbocycles. The van der Waals surface area contributed by atoms with Crippen LogP contribution in [0.25, 0.3) is 22.0 Å². The second-order valence-electron chi connectivity index (χ2n) is 5.97. The van der Waals surface area contributed by atoms with Crippen molar-refractivity contribution in [3.05, 3.63) is 90.1 Å². The van der Waals surface area contributed by atoms with Crippen LogP contribution in [0.5, 0.6) is 0 Å². The van der Waals surface area contributed by atoms with E-state index in [9.17, 15) is 4.79 Å². The van der Waals surface area contributed by atoms with Crippen LogP contribution in [0.1, 0.15) is 15.9 Å². The summed E-state index contributed by atoms with van der Waals surface area (Å²) in [6.45, 7) is 0.645. The number of hydrogen-bond donors (Lipinski definition) is 1. The molecule has 25 heavy (non-hydrogen) atoms. The first-order valence-electron chi connectivity index (χ1n) is 8.04. The van der Waals surface area contributed by atoms with E-state index in [1.54, 1.807) is 18.2 Å². The smallest absolute Gasteiger partial charge is 0.335 e. The minimum absolute atomic E-state index is 0.255. The Hall–Kier alpha value is -3.40. The third kappa shape index (κ3) is 3.15. The maximum atomic E-state index is 11.1. The van der Waals surface area contributed by atoms with Gasteiger partial charge in [0.05, 0.1) is 17.6 Å². The number of carboxylic acids is 1. The van der Waals surface area contributed by atoms with Crippen LogP contribution < -0.4 is 0 Å². The Bertz CT molecular complexity index is 1030. The molecule has 4 heteroatoms. The molecule has 3 aromatic carbocycles. The lowest BCUT2D eigenvalue weighted by atomic mass is 10.0. The molecule has 0 radical (unpaired) electrons. The Kier molecular flexibility index (Phi) is 3.78. The summed E-state index contributed by atoms with van der Waals surface area (Å²) in [7, 11) is 0. The molecule has 122 valence electrons. The Labute approximate surface area is 145 Å². The minimum atomic E-state index is -0.937. The maximum Gasteiger partial charge on any atom is 0.335 e. The maximum absolute atomic E-state index is 11.1. The van der Waals surface area contributed by atoms with Crippen LogP contribution in [0.4, 0.5) is 0 Å². The van der Waals surface area contributed by atoms with E-state index in [0.29, 0.717) is 12.1 Å². The van der Waals surface area contributed by atoms with E-state index in [1.807, 2.05) is 29.1 Å². The van der Waals surface area contributed by atoms with Crippen LogP contribution in [0.2, 0.25) is 0 Å². The topological polar surface area (TPSA) is 55.1 Å². The molecule has 0 atom stereocenters. The number of aromatic carboxylic acids is 1. The Morgan fingerprint density at radius 1 is 0.920 bits per heavy atom. The first-order valence-corrected chi connectivity index (χ1v) is 8.04. The first kappa shape index (κ1) is 15.1. The van der Waals surface area contributed by atoms with Crippen molar-refractivity contribution in [3.8, 4) is 11.1 Å². The van der Waals surface area contributed by atoms with E-state index >= 15 is 0 Å². The fraction of sp³-hybridized carbons (Fsp3) is 0.0476. The van der Waals surface area contributed by atoms with Crippen LogP contribution >= 0.6 is 0 Å². The lowest BCUT2D eigenvalue weighted by molar-refractivity contribution is 0.0697. The number of fused-ring (bicyclic) bond motifs is 1. The lowest BCUT2D eigenvalue weighted by Crippen LogP contribution is -1.99. The van der Waals surface area contributed by atoms with Crippen LogP contribution in [0.3, 0.4) is 0 Å². The van der Waals surface area contributed by atoms with E-state index in [0.717, 1.165) is 10.9 Å². The molecule has 0 aliphatic rings. The summed E-state index contributed by atoms with van der Waals surface area (Å²) < 4.78 is 1.84. The summed E-state index contributed by atoms with van der Waals surface area (Å²) in [6.07, 6.45) is 1.94. The normalized spacial score (nSPS) is 10.9. The third-order valence-corrected chi connectivity index (χ3v) is 4.21. The van der Waals surface area contributed by atoms with Crippen molar-refractivity contribution in [2.75, 3.05) is 0 Å². The molecule has 1 heterocycles. The number of carboxylic acid groups (broad SMARTS) is 1. The van der Waals surface area contributed by atoms with Crippen molar-refractivity contribution in [1.29, 1.82) is 0 Å². The van der Waals surface area contributed by atoms with E-state index in [2.05, 4.69) is 41.5 Å². The molecule has 4 rings (SSSR count). The van der Waals surface area contributed by atoms with Crippen molar-refractivity contribution in [2.24, 2.45) is 0 Å². The summed E-state index contributed by atoms with van der Waals surface area (Å²) in [6, 6.07) is 23.7. The molecule has 4 nitrogen and oxygen atoms in total. The fourth-order valence-electron chi connectivity index (χ4n) is 2.90. The van der Waals surface area contributed by atoms with Gasteiger partial charge in [-0.25, -0.2) is 4.79 Å². The van der Waals surface area contributed by atoms with E-state index < -0.39 is 5.97 Å². The summed E-state index contributed by atoms with van der Waals surface area (Å²) >= 11 is 0. The second-order valence-corrected chi connectivity index (χ2v) is 5.97. The largest absolute Gasteiger partial charge is 0.478 e. The highest BCUT2D eigenvalue weighted by Crippen LogP contribution is 2.20. The fourth-order valence-corrected chi connectivity index (χ4v) is 2.90. The van der Waals surface area contributed by atoms with E-state index in [1.165, 1.54) is 11.1 Å². The van der Waals surface area contributed by atoms with Crippen LogP contribution in [0.15, 0.2) is 79.0 Å². The molecule has 0 amide bonds. The quantitative estimate of drug-likeness (QED) is 0.602. The van der Waals surface area contributed by atoms with Gasteiger partial charge in [0.2, 0.25) is 0 Å². The molecule has 0 aliphatic heterocycles. The van der Waals surface area contributed by atoms with E-state index in [4.69, 9.17) is 5.11 Å². The molecule has 0 bridgehead atoms. The monoisotopic (exact) mass is 328 g/mol. The van der Waals surface area contributed by atoms with Crippen LogP contribution in [-0.4, -0.2) is 20.9 Å². The average molecular weight is 328 g/mol. The van der Waals surface area contributed by atoms with Crippen molar-refractivity contribution >= 4 is 16.9 Å². The van der Waals surface area contributed by atoms with Gasteiger partial charge in [0.25, 0.3) is 0 Å². The van der Waals surface area contributed by atoms with Crippen molar-refractivity contribution in [2.45, 2.75) is 6.54 Å². The Morgan fingerprint density at radius 3 is 2.36 bits per heavy atom. The Balaban J connectivity index is 1.57. The molecule has 0 spiro atoms. The summed E-state index contributed by atoms with van der Waals surface area (Å²) in [4.78, 5) is 11.1. The second kappa shape index (κ2) is 6.24. The predicted molar refractivity (Wildman–Crippen MR) is 97.7 cm³/mol. The highest BCUT2D eigenvalue weighted by molar-refractivity contribution is 5.92. The standard InChI is InChI=1S/C21H16N2O2/c24-21(25)18-10-11-19-14-23(22-20(19)12-18)13-15-6-8-17(9-7-15)16-4-2-1-3-5-16/h1-12,14H,13H2,(H,24,25). The van der Waals surface area contributed by atoms with Gasteiger partial charge < -0.3 is 5.11 Å². The lowest BCUT2D eigenvalue weighted by Gasteiger charge is -2.05. The van der Waals surface area contributed by atoms with E-state index in [-0.39, 0.29) is 5.56 Å². The zero-order valence-corrected chi connectivity index (χ0v) is 13.5. The molecule has 1 N–H and O–H groups in total. The number of nitrogens with zero attached hydrogens (tertiary/aromatic N) is 2. The van der Waals surface area contributed by atoms with Gasteiger partial charge in [-0.3, -0.25) is 4.68 Å². The molecule has 0 unspecified atom stereocenters. The van der Waals surface area contributed by atoms with Gasteiger partial charge in [-0.2, -0.15) is 5.10 Å². The number of carbonyl (C=O) groups is 1. The average Bonchev–Trinajstić information content (AvgIpc) is 3.04. The Morgan fingerprint density at radius 2 is 1.64 bits per heavy atom. The molecular weight excluding hydrogens is 312 g/mol. The van der Waals surface area contributed by atoms with Crippen LogP contribution in [-0.2, 0) is 6.54 Å². The molecular formula is C21H16N2O2. The summed E-state index contributed by atoms with van der Waals surface area (Å²) in [5, 5.41) is 14.5. The number of aromatic nitrogens is 2. The molecule has 0 saturated carbocycles. The molecule has 1 aromatic heterocycles. The molecule has 0 saturated heterocycles. The van der Waals surface area contributed by atoms with Gasteiger partial charge in [0, 0.05) is 11.6 Å². The zero-order valence-electron chi connectivity index (χ0n) is 13.5. The van der Waals surface area contributed by atoms with Gasteiger partial charge in [0.15, 0.2) is 0 Å². The van der Waals surface area contributed by atoms with Gasteiger partial charge in [-0.15, -0.1) is 0 Å². The zero-order chi connectivity index (χ0) is 17.2. The van der Waals surface area contributed by atoms with Gasteiger partial charge >= 0.3 is 5.97 Å². The SMILES string of the molecule is O=C(O)c1ccc2cn(Cc3ccc(-c4ccccc4)cc3)nc2c1. The van der Waals surface area contributed by atoms with Crippen LogP contribution in [0, 0.1) is 0 Å². The number of rotatable bonds is 4. The van der Waals surface area contributed by atoms with Gasteiger partial charge in [0.1, 0.15) is 0 Å².